The van der Waals surface area contributed by atoms with Crippen molar-refractivity contribution < 1.29 is 14.3 Å². The lowest BCUT2D eigenvalue weighted by atomic mass is 10.1. The Morgan fingerprint density at radius 1 is 1.13 bits per heavy atom. The van der Waals surface area contributed by atoms with Crippen molar-refractivity contribution >= 4 is 21.8 Å². The fourth-order valence-corrected chi connectivity index (χ4v) is 2.34. The van der Waals surface area contributed by atoms with Crippen molar-refractivity contribution in [1.29, 1.82) is 0 Å². The third-order valence-corrected chi connectivity index (χ3v) is 3.81. The third kappa shape index (κ3) is 6.32. The Kier molecular flexibility index (Phi) is 6.94. The van der Waals surface area contributed by atoms with Crippen LogP contribution in [0, 0.1) is 0 Å². The molecule has 0 saturated heterocycles. The topological polar surface area (TPSA) is 47.6 Å². The largest absolute Gasteiger partial charge is 0.497 e. The van der Waals surface area contributed by atoms with Gasteiger partial charge in [0, 0.05) is 11.0 Å². The fourth-order valence-electron chi connectivity index (χ4n) is 2.08. The van der Waals surface area contributed by atoms with E-state index < -0.39 is 0 Å². The summed E-state index contributed by atoms with van der Waals surface area (Å²) in [5.41, 5.74) is 1.20. The minimum Gasteiger partial charge on any atom is -0.497 e. The molecule has 0 atom stereocenters. The Morgan fingerprint density at radius 2 is 1.91 bits per heavy atom. The maximum absolute atomic E-state index is 11.7. The molecular weight excluding hydrogens is 358 g/mol. The van der Waals surface area contributed by atoms with Gasteiger partial charge in [0.25, 0.3) is 5.91 Å². The number of nitrogens with one attached hydrogen (secondary N) is 1. The first kappa shape index (κ1) is 17.3. The molecule has 1 N–H and O–H groups in total. The number of rotatable bonds is 8. The van der Waals surface area contributed by atoms with E-state index in [0.29, 0.717) is 12.3 Å². The first-order valence-corrected chi connectivity index (χ1v) is 8.24. The van der Waals surface area contributed by atoms with Gasteiger partial charge < -0.3 is 14.8 Å². The normalized spacial score (nSPS) is 10.2. The lowest BCUT2D eigenvalue weighted by Crippen LogP contribution is -2.29. The molecule has 1 amide bonds. The summed E-state index contributed by atoms with van der Waals surface area (Å²) >= 11 is 3.35. The number of ether oxygens (including phenoxy) is 2. The zero-order valence-corrected chi connectivity index (χ0v) is 14.6. The number of carbonyl (C=O) groups is 1. The highest BCUT2D eigenvalue weighted by Gasteiger charge is 2.03. The Hall–Kier alpha value is -2.01. The first-order chi connectivity index (χ1) is 11.2. The van der Waals surface area contributed by atoms with Crippen LogP contribution in [0.2, 0.25) is 0 Å². The van der Waals surface area contributed by atoms with E-state index in [2.05, 4.69) is 27.3 Å². The van der Waals surface area contributed by atoms with Gasteiger partial charge in [-0.1, -0.05) is 28.1 Å². The van der Waals surface area contributed by atoms with Gasteiger partial charge in [0.1, 0.15) is 11.5 Å². The second-order valence-electron chi connectivity index (χ2n) is 5.05. The minimum absolute atomic E-state index is 0.0286. The van der Waals surface area contributed by atoms with Crippen molar-refractivity contribution in [2.45, 2.75) is 12.8 Å². The molecule has 0 aromatic heterocycles. The summed E-state index contributed by atoms with van der Waals surface area (Å²) in [7, 11) is 1.66. The average Bonchev–Trinajstić information content (AvgIpc) is 2.58. The maximum Gasteiger partial charge on any atom is 0.257 e. The number of amides is 1. The van der Waals surface area contributed by atoms with Crippen molar-refractivity contribution in [2.24, 2.45) is 0 Å². The predicted molar refractivity (Wildman–Crippen MR) is 94.0 cm³/mol. The maximum atomic E-state index is 11.7. The molecule has 0 aliphatic rings. The second kappa shape index (κ2) is 9.20. The molecule has 2 rings (SSSR count). The summed E-state index contributed by atoms with van der Waals surface area (Å²) in [4.78, 5) is 11.7. The Balaban J connectivity index is 1.63. The Bertz CT molecular complexity index is 628. The van der Waals surface area contributed by atoms with E-state index in [4.69, 9.17) is 9.47 Å². The van der Waals surface area contributed by atoms with E-state index >= 15 is 0 Å². The molecule has 0 spiro atoms. The van der Waals surface area contributed by atoms with Crippen LogP contribution in [0.3, 0.4) is 0 Å². The summed E-state index contributed by atoms with van der Waals surface area (Å²) in [6.07, 6.45) is 1.77. The van der Waals surface area contributed by atoms with Gasteiger partial charge in [0.15, 0.2) is 6.61 Å². The number of halogens is 1. The number of carbonyl (C=O) groups excluding carboxylic acids is 1. The highest BCUT2D eigenvalue weighted by molar-refractivity contribution is 9.10. The van der Waals surface area contributed by atoms with Gasteiger partial charge in [-0.2, -0.15) is 0 Å². The summed E-state index contributed by atoms with van der Waals surface area (Å²) in [6, 6.07) is 15.4. The second-order valence-corrected chi connectivity index (χ2v) is 5.96. The van der Waals surface area contributed by atoms with E-state index in [1.165, 1.54) is 5.56 Å². The van der Waals surface area contributed by atoms with Gasteiger partial charge >= 0.3 is 0 Å². The molecule has 0 fully saturated rings. The van der Waals surface area contributed by atoms with E-state index in [1.807, 2.05) is 42.5 Å². The molecular formula is C18H20BrNO3. The van der Waals surface area contributed by atoms with Gasteiger partial charge in [-0.25, -0.2) is 0 Å². The Labute approximate surface area is 144 Å². The minimum atomic E-state index is -0.112. The SMILES string of the molecule is COc1cccc(CCCNC(=O)COc2ccc(Br)cc2)c1. The van der Waals surface area contributed by atoms with Crippen LogP contribution < -0.4 is 14.8 Å². The third-order valence-electron chi connectivity index (χ3n) is 3.28. The van der Waals surface area contributed by atoms with Crippen LogP contribution in [0.25, 0.3) is 0 Å². The van der Waals surface area contributed by atoms with Gasteiger partial charge in [-0.15, -0.1) is 0 Å². The lowest BCUT2D eigenvalue weighted by molar-refractivity contribution is -0.123. The zero-order valence-electron chi connectivity index (χ0n) is 13.0. The standard InChI is InChI=1S/C18H20BrNO3/c1-22-17-6-2-4-14(12-17)5-3-11-20-18(21)13-23-16-9-7-15(19)8-10-16/h2,4,6-10,12H,3,5,11,13H2,1H3,(H,20,21). The lowest BCUT2D eigenvalue weighted by Gasteiger charge is -2.08. The van der Waals surface area contributed by atoms with Crippen LogP contribution in [0.5, 0.6) is 11.5 Å². The van der Waals surface area contributed by atoms with Crippen LogP contribution in [0.15, 0.2) is 53.0 Å². The summed E-state index contributed by atoms with van der Waals surface area (Å²) < 4.78 is 11.6. The molecule has 0 aliphatic heterocycles. The van der Waals surface area contributed by atoms with E-state index in [-0.39, 0.29) is 12.5 Å². The average molecular weight is 378 g/mol. The molecule has 4 nitrogen and oxygen atoms in total. The molecule has 0 bridgehead atoms. The number of hydrogen-bond acceptors (Lipinski definition) is 3. The number of benzene rings is 2. The molecule has 0 aliphatic carbocycles. The molecule has 0 unspecified atom stereocenters. The molecule has 2 aromatic rings. The monoisotopic (exact) mass is 377 g/mol. The molecule has 2 aromatic carbocycles. The molecule has 0 saturated carbocycles. The predicted octanol–water partition coefficient (Wildman–Crippen LogP) is 3.59. The zero-order chi connectivity index (χ0) is 16.5. The van der Waals surface area contributed by atoms with E-state index in [0.717, 1.165) is 23.1 Å². The summed E-state index contributed by atoms with van der Waals surface area (Å²) in [5, 5.41) is 2.86. The summed E-state index contributed by atoms with van der Waals surface area (Å²) in [5.74, 6) is 1.42. The number of hydrogen-bond donors (Lipinski definition) is 1. The number of aryl methyl sites for hydroxylation is 1. The molecule has 0 heterocycles. The van der Waals surface area contributed by atoms with E-state index in [1.54, 1.807) is 7.11 Å². The molecule has 23 heavy (non-hydrogen) atoms. The van der Waals surface area contributed by atoms with Gasteiger partial charge in [0.2, 0.25) is 0 Å². The summed E-state index contributed by atoms with van der Waals surface area (Å²) in [6.45, 7) is 0.653. The highest BCUT2D eigenvalue weighted by atomic mass is 79.9. The van der Waals surface area contributed by atoms with Crippen molar-refractivity contribution in [3.63, 3.8) is 0 Å². The fraction of sp³-hybridized carbons (Fsp3) is 0.278. The quantitative estimate of drug-likeness (QED) is 0.715. The van der Waals surface area contributed by atoms with Gasteiger partial charge in [0.05, 0.1) is 7.11 Å². The number of methoxy groups -OCH3 is 1. The van der Waals surface area contributed by atoms with Crippen LogP contribution in [-0.2, 0) is 11.2 Å². The van der Waals surface area contributed by atoms with Crippen LogP contribution in [0.4, 0.5) is 0 Å². The van der Waals surface area contributed by atoms with Crippen LogP contribution in [0.1, 0.15) is 12.0 Å². The smallest absolute Gasteiger partial charge is 0.257 e. The van der Waals surface area contributed by atoms with Crippen LogP contribution >= 0.6 is 15.9 Å². The molecule has 5 heteroatoms. The highest BCUT2D eigenvalue weighted by Crippen LogP contribution is 2.16. The molecule has 122 valence electrons. The van der Waals surface area contributed by atoms with E-state index in [9.17, 15) is 4.79 Å². The van der Waals surface area contributed by atoms with Gasteiger partial charge in [-0.3, -0.25) is 4.79 Å². The van der Waals surface area contributed by atoms with Crippen molar-refractivity contribution in [3.8, 4) is 11.5 Å². The van der Waals surface area contributed by atoms with Crippen molar-refractivity contribution in [3.05, 3.63) is 58.6 Å². The first-order valence-electron chi connectivity index (χ1n) is 7.45. The molecule has 0 radical (unpaired) electrons. The van der Waals surface area contributed by atoms with Crippen LogP contribution in [-0.4, -0.2) is 26.2 Å². The van der Waals surface area contributed by atoms with Crippen molar-refractivity contribution in [1.82, 2.24) is 5.32 Å². The van der Waals surface area contributed by atoms with Gasteiger partial charge in [-0.05, 0) is 54.8 Å². The Morgan fingerprint density at radius 3 is 2.65 bits per heavy atom. The van der Waals surface area contributed by atoms with Crippen molar-refractivity contribution in [2.75, 3.05) is 20.3 Å².